The Morgan fingerprint density at radius 2 is 1.72 bits per heavy atom. The van der Waals surface area contributed by atoms with E-state index < -0.39 is 0 Å². The highest BCUT2D eigenvalue weighted by Crippen LogP contribution is 2.29. The molecule has 1 aliphatic carbocycles. The van der Waals surface area contributed by atoms with Gasteiger partial charge >= 0.3 is 6.03 Å². The topological polar surface area (TPSA) is 53.2 Å². The molecule has 0 bridgehead atoms. The monoisotopic (exact) mass is 409 g/mol. The average Bonchev–Trinajstić information content (AvgIpc) is 2.76. The van der Waals surface area contributed by atoms with Gasteiger partial charge in [-0.25, -0.2) is 4.79 Å². The Bertz CT molecular complexity index is 803. The Hall–Kier alpha value is -2.24. The number of amides is 2. The summed E-state index contributed by atoms with van der Waals surface area (Å²) in [6.45, 7) is 4.09. The second-order valence-corrected chi connectivity index (χ2v) is 8.35. The van der Waals surface area contributed by atoms with Gasteiger partial charge in [0, 0.05) is 17.8 Å². The maximum absolute atomic E-state index is 12.4. The molecule has 1 fully saturated rings. The molecule has 154 valence electrons. The lowest BCUT2D eigenvalue weighted by Crippen LogP contribution is -2.34. The summed E-state index contributed by atoms with van der Waals surface area (Å²) in [4.78, 5) is 12.8. The van der Waals surface area contributed by atoms with Crippen molar-refractivity contribution < 1.29 is 4.79 Å². The van der Waals surface area contributed by atoms with Crippen LogP contribution in [-0.2, 0) is 6.54 Å². The van der Waals surface area contributed by atoms with Crippen molar-refractivity contribution in [1.29, 1.82) is 0 Å². The number of nitrogens with one attached hydrogen (secondary N) is 3. The first-order valence-corrected chi connectivity index (χ1v) is 11.0. The Morgan fingerprint density at radius 3 is 2.48 bits per heavy atom. The van der Waals surface area contributed by atoms with Gasteiger partial charge in [0.15, 0.2) is 0 Å². The van der Waals surface area contributed by atoms with Gasteiger partial charge in [-0.1, -0.05) is 99.8 Å². The maximum Gasteiger partial charge on any atom is 0.324 e. The minimum Gasteiger partial charge on any atom is -0.312 e. The number of hydrogen-bond donors (Lipinski definition) is 3. The zero-order chi connectivity index (χ0) is 20.5. The van der Waals surface area contributed by atoms with Crippen LogP contribution in [0.15, 0.2) is 54.6 Å². The van der Waals surface area contributed by atoms with Crippen molar-refractivity contribution in [2.45, 2.75) is 45.6 Å². The van der Waals surface area contributed by atoms with Gasteiger partial charge < -0.3 is 10.6 Å². The molecule has 1 unspecified atom stereocenters. The lowest BCUT2D eigenvalue weighted by atomic mass is 9.81. The number of anilines is 1. The lowest BCUT2D eigenvalue weighted by Gasteiger charge is -2.28. The molecule has 29 heavy (non-hydrogen) atoms. The first-order chi connectivity index (χ1) is 14.1. The third-order valence-corrected chi connectivity index (χ3v) is 6.10. The highest BCUT2D eigenvalue weighted by Gasteiger charge is 2.19. The van der Waals surface area contributed by atoms with Gasteiger partial charge in [0.1, 0.15) is 4.99 Å². The third kappa shape index (κ3) is 6.65. The van der Waals surface area contributed by atoms with Crippen LogP contribution in [0.5, 0.6) is 0 Å². The number of carbonyl (C=O) groups excluding carboxylic acids is 1. The molecule has 5 heteroatoms. The van der Waals surface area contributed by atoms with E-state index in [0.29, 0.717) is 10.9 Å². The van der Waals surface area contributed by atoms with Gasteiger partial charge in [-0.3, -0.25) is 5.32 Å². The highest BCUT2D eigenvalue weighted by atomic mass is 32.1. The number of para-hydroxylation sites is 1. The molecule has 0 radical (unpaired) electrons. The summed E-state index contributed by atoms with van der Waals surface area (Å²) in [6, 6.07) is 17.1. The molecule has 0 aliphatic heterocycles. The fourth-order valence-corrected chi connectivity index (χ4v) is 4.25. The van der Waals surface area contributed by atoms with Crippen molar-refractivity contribution in [3.05, 3.63) is 65.7 Å². The van der Waals surface area contributed by atoms with Crippen molar-refractivity contribution in [2.24, 2.45) is 11.8 Å². The predicted molar refractivity (Wildman–Crippen MR) is 124 cm³/mol. The van der Waals surface area contributed by atoms with Crippen molar-refractivity contribution in [2.75, 3.05) is 11.9 Å². The number of hydrogen-bond acceptors (Lipinski definition) is 3. The molecule has 1 aliphatic rings. The van der Waals surface area contributed by atoms with E-state index in [-0.39, 0.29) is 6.03 Å². The molecular weight excluding hydrogens is 378 g/mol. The second-order valence-electron chi connectivity index (χ2n) is 7.94. The van der Waals surface area contributed by atoms with Crippen LogP contribution < -0.4 is 16.0 Å². The quantitative estimate of drug-likeness (QED) is 0.530. The molecule has 0 spiro atoms. The van der Waals surface area contributed by atoms with E-state index in [4.69, 9.17) is 12.2 Å². The zero-order valence-electron chi connectivity index (χ0n) is 17.1. The van der Waals surface area contributed by atoms with E-state index in [0.717, 1.165) is 35.8 Å². The van der Waals surface area contributed by atoms with E-state index >= 15 is 0 Å². The smallest absolute Gasteiger partial charge is 0.312 e. The Labute approximate surface area is 179 Å². The van der Waals surface area contributed by atoms with Crippen molar-refractivity contribution >= 4 is 28.9 Å². The lowest BCUT2D eigenvalue weighted by molar-refractivity contribution is 0.256. The number of urea groups is 1. The maximum atomic E-state index is 12.4. The van der Waals surface area contributed by atoms with Crippen LogP contribution in [0.2, 0.25) is 0 Å². The first kappa shape index (κ1) is 21.5. The number of thiocarbonyl (C=S) groups is 1. The van der Waals surface area contributed by atoms with Crippen LogP contribution in [0.4, 0.5) is 10.5 Å². The van der Waals surface area contributed by atoms with Crippen LogP contribution in [0.3, 0.4) is 0 Å². The molecule has 0 saturated heterocycles. The van der Waals surface area contributed by atoms with E-state index in [1.165, 1.54) is 32.1 Å². The fraction of sp³-hybridized carbons (Fsp3) is 0.417. The van der Waals surface area contributed by atoms with Crippen molar-refractivity contribution in [1.82, 2.24) is 10.6 Å². The Morgan fingerprint density at radius 1 is 1.03 bits per heavy atom. The fourth-order valence-electron chi connectivity index (χ4n) is 4.02. The molecule has 4 nitrogen and oxygen atoms in total. The molecule has 3 N–H and O–H groups in total. The van der Waals surface area contributed by atoms with Crippen molar-refractivity contribution in [3.8, 4) is 0 Å². The van der Waals surface area contributed by atoms with Crippen LogP contribution in [-0.4, -0.2) is 17.6 Å². The average molecular weight is 410 g/mol. The standard InChI is InChI=1S/C24H31N3OS/c1-18(19-10-4-2-5-11-19)16-25-17-21-14-8-9-15-22(21)26-24(28)27-23(29)20-12-6-3-7-13-20/h3,6-9,12-15,18-19,25H,2,4-5,10-11,16-17H2,1H3,(H2,26,27,28,29). The van der Waals surface area contributed by atoms with E-state index in [1.54, 1.807) is 0 Å². The predicted octanol–water partition coefficient (Wildman–Crippen LogP) is 5.49. The molecule has 2 aromatic carbocycles. The van der Waals surface area contributed by atoms with Gasteiger partial charge in [0.25, 0.3) is 0 Å². The van der Waals surface area contributed by atoms with Gasteiger partial charge in [-0.15, -0.1) is 0 Å². The van der Waals surface area contributed by atoms with Crippen LogP contribution >= 0.6 is 12.2 Å². The minimum atomic E-state index is -0.318. The molecule has 0 heterocycles. The highest BCUT2D eigenvalue weighted by molar-refractivity contribution is 7.80. The summed E-state index contributed by atoms with van der Waals surface area (Å²) in [5.41, 5.74) is 2.70. The molecule has 1 saturated carbocycles. The third-order valence-electron chi connectivity index (χ3n) is 5.76. The summed E-state index contributed by atoms with van der Waals surface area (Å²) in [6.07, 6.45) is 6.87. The number of carbonyl (C=O) groups is 1. The molecule has 1 atom stereocenters. The first-order valence-electron chi connectivity index (χ1n) is 10.6. The van der Waals surface area contributed by atoms with E-state index in [1.807, 2.05) is 54.6 Å². The zero-order valence-corrected chi connectivity index (χ0v) is 17.9. The summed E-state index contributed by atoms with van der Waals surface area (Å²) < 4.78 is 0. The van der Waals surface area contributed by atoms with E-state index in [9.17, 15) is 4.79 Å². The largest absolute Gasteiger partial charge is 0.324 e. The Kier molecular flexibility index (Phi) is 8.20. The summed E-state index contributed by atoms with van der Waals surface area (Å²) in [7, 11) is 0. The summed E-state index contributed by atoms with van der Waals surface area (Å²) in [5, 5.41) is 9.27. The molecule has 3 rings (SSSR count). The SMILES string of the molecule is CC(CNCc1ccccc1NC(=O)NC(=S)c1ccccc1)C1CCCCC1. The van der Waals surface area contributed by atoms with Gasteiger partial charge in [0.2, 0.25) is 0 Å². The van der Waals surface area contributed by atoms with Crippen LogP contribution in [0, 0.1) is 11.8 Å². The molecule has 2 aromatic rings. The Balaban J connectivity index is 1.50. The van der Waals surface area contributed by atoms with Crippen molar-refractivity contribution in [3.63, 3.8) is 0 Å². The second kappa shape index (κ2) is 11.1. The molecular formula is C24H31N3OS. The summed E-state index contributed by atoms with van der Waals surface area (Å²) >= 11 is 5.32. The van der Waals surface area contributed by atoms with E-state index in [2.05, 4.69) is 22.9 Å². The van der Waals surface area contributed by atoms with Crippen LogP contribution in [0.1, 0.15) is 50.2 Å². The molecule has 0 aromatic heterocycles. The number of rotatable bonds is 7. The normalized spacial score (nSPS) is 15.5. The van der Waals surface area contributed by atoms with Crippen LogP contribution in [0.25, 0.3) is 0 Å². The van der Waals surface area contributed by atoms with Gasteiger partial charge in [0.05, 0.1) is 0 Å². The summed E-state index contributed by atoms with van der Waals surface area (Å²) in [5.74, 6) is 1.52. The number of benzene rings is 2. The van der Waals surface area contributed by atoms with Gasteiger partial charge in [-0.05, 0) is 30.0 Å². The van der Waals surface area contributed by atoms with Gasteiger partial charge in [-0.2, -0.15) is 0 Å². The minimum absolute atomic E-state index is 0.318. The molecule has 2 amide bonds.